The summed E-state index contributed by atoms with van der Waals surface area (Å²) in [7, 11) is 1.72. The standard InChI is InChI=1S/C11H22N2O/c1-5-7-8-9-10(13-12)11(3,6-2)14-4/h10,13H,6,8-9,12H2,1-4H3. The molecule has 0 aromatic heterocycles. The van der Waals surface area contributed by atoms with E-state index in [0.717, 1.165) is 19.3 Å². The van der Waals surface area contributed by atoms with Crippen molar-refractivity contribution in [3.63, 3.8) is 0 Å². The van der Waals surface area contributed by atoms with Gasteiger partial charge in [-0.2, -0.15) is 0 Å². The maximum absolute atomic E-state index is 5.51. The summed E-state index contributed by atoms with van der Waals surface area (Å²) in [6.45, 7) is 6.01. The Morgan fingerprint density at radius 3 is 2.57 bits per heavy atom. The molecule has 2 unspecified atom stereocenters. The number of hydrogen-bond acceptors (Lipinski definition) is 3. The molecule has 14 heavy (non-hydrogen) atoms. The lowest BCUT2D eigenvalue weighted by Crippen LogP contribution is -2.52. The summed E-state index contributed by atoms with van der Waals surface area (Å²) in [4.78, 5) is 0. The minimum absolute atomic E-state index is 0.151. The predicted octanol–water partition coefficient (Wildman–Crippen LogP) is 1.44. The van der Waals surface area contributed by atoms with Gasteiger partial charge in [0.05, 0.1) is 11.6 Å². The van der Waals surface area contributed by atoms with Crippen molar-refractivity contribution in [1.82, 2.24) is 5.43 Å². The number of nitrogens with one attached hydrogen (secondary N) is 1. The van der Waals surface area contributed by atoms with Crippen LogP contribution in [0.3, 0.4) is 0 Å². The summed E-state index contributed by atoms with van der Waals surface area (Å²) in [5.41, 5.74) is 2.61. The molecular weight excluding hydrogens is 176 g/mol. The molecule has 0 radical (unpaired) electrons. The molecule has 0 saturated heterocycles. The van der Waals surface area contributed by atoms with Gasteiger partial charge in [-0.1, -0.05) is 6.92 Å². The summed E-state index contributed by atoms with van der Waals surface area (Å²) in [6, 6.07) is 0.151. The van der Waals surface area contributed by atoms with E-state index in [1.807, 2.05) is 6.92 Å². The van der Waals surface area contributed by atoms with Crippen molar-refractivity contribution in [2.75, 3.05) is 7.11 Å². The largest absolute Gasteiger partial charge is 0.377 e. The first-order chi connectivity index (χ1) is 6.64. The summed E-state index contributed by atoms with van der Waals surface area (Å²) < 4.78 is 5.48. The van der Waals surface area contributed by atoms with Crippen LogP contribution in [-0.4, -0.2) is 18.8 Å². The molecular formula is C11H22N2O. The normalized spacial score (nSPS) is 16.6. The zero-order chi connectivity index (χ0) is 11.0. The molecule has 0 aromatic rings. The fourth-order valence-electron chi connectivity index (χ4n) is 1.44. The van der Waals surface area contributed by atoms with E-state index in [2.05, 4.69) is 31.1 Å². The molecule has 3 nitrogen and oxygen atoms in total. The Labute approximate surface area is 87.4 Å². The summed E-state index contributed by atoms with van der Waals surface area (Å²) in [6.07, 6.45) is 2.69. The molecule has 3 heteroatoms. The van der Waals surface area contributed by atoms with Crippen molar-refractivity contribution < 1.29 is 4.74 Å². The Morgan fingerprint density at radius 1 is 1.57 bits per heavy atom. The topological polar surface area (TPSA) is 47.3 Å². The number of rotatable bonds is 6. The highest BCUT2D eigenvalue weighted by Crippen LogP contribution is 2.21. The van der Waals surface area contributed by atoms with Crippen LogP contribution in [0.1, 0.15) is 40.0 Å². The van der Waals surface area contributed by atoms with Crippen LogP contribution in [0.25, 0.3) is 0 Å². The summed E-state index contributed by atoms with van der Waals surface area (Å²) >= 11 is 0. The Hall–Kier alpha value is -0.560. The molecule has 82 valence electrons. The first-order valence-electron chi connectivity index (χ1n) is 5.05. The summed E-state index contributed by atoms with van der Waals surface area (Å²) in [5.74, 6) is 11.4. The van der Waals surface area contributed by atoms with E-state index in [9.17, 15) is 0 Å². The minimum atomic E-state index is -0.204. The van der Waals surface area contributed by atoms with E-state index >= 15 is 0 Å². The third-order valence-electron chi connectivity index (χ3n) is 2.84. The third-order valence-corrected chi connectivity index (χ3v) is 2.84. The van der Waals surface area contributed by atoms with Crippen molar-refractivity contribution in [3.8, 4) is 11.8 Å². The van der Waals surface area contributed by atoms with Crippen LogP contribution in [-0.2, 0) is 4.74 Å². The quantitative estimate of drug-likeness (QED) is 0.386. The Kier molecular flexibility index (Phi) is 6.56. The maximum atomic E-state index is 5.51. The fourth-order valence-corrected chi connectivity index (χ4v) is 1.44. The van der Waals surface area contributed by atoms with Gasteiger partial charge in [0.25, 0.3) is 0 Å². The van der Waals surface area contributed by atoms with Crippen LogP contribution in [0.15, 0.2) is 0 Å². The van der Waals surface area contributed by atoms with E-state index in [0.29, 0.717) is 0 Å². The number of ether oxygens (including phenoxy) is 1. The second-order valence-corrected chi connectivity index (χ2v) is 3.56. The van der Waals surface area contributed by atoms with Crippen molar-refractivity contribution >= 4 is 0 Å². The van der Waals surface area contributed by atoms with Crippen molar-refractivity contribution in [3.05, 3.63) is 0 Å². The van der Waals surface area contributed by atoms with E-state index in [4.69, 9.17) is 10.6 Å². The van der Waals surface area contributed by atoms with E-state index < -0.39 is 0 Å². The zero-order valence-corrected chi connectivity index (χ0v) is 9.68. The van der Waals surface area contributed by atoms with Crippen LogP contribution < -0.4 is 11.3 Å². The molecule has 0 heterocycles. The molecule has 0 aromatic carbocycles. The molecule has 0 fully saturated rings. The SMILES string of the molecule is CC#CCCC(NN)C(C)(CC)OC. The number of hydrazine groups is 1. The lowest BCUT2D eigenvalue weighted by atomic mass is 9.90. The lowest BCUT2D eigenvalue weighted by Gasteiger charge is -2.35. The van der Waals surface area contributed by atoms with Gasteiger partial charge in [0.2, 0.25) is 0 Å². The monoisotopic (exact) mass is 198 g/mol. The second-order valence-electron chi connectivity index (χ2n) is 3.56. The van der Waals surface area contributed by atoms with Crippen molar-refractivity contribution in [2.45, 2.75) is 51.7 Å². The van der Waals surface area contributed by atoms with Crippen LogP contribution >= 0.6 is 0 Å². The molecule has 0 bridgehead atoms. The Balaban J connectivity index is 4.26. The molecule has 0 aliphatic heterocycles. The van der Waals surface area contributed by atoms with Crippen LogP contribution in [0.4, 0.5) is 0 Å². The predicted molar refractivity (Wildman–Crippen MR) is 59.5 cm³/mol. The van der Waals surface area contributed by atoms with E-state index in [1.165, 1.54) is 0 Å². The van der Waals surface area contributed by atoms with Gasteiger partial charge in [-0.25, -0.2) is 0 Å². The molecule has 0 saturated carbocycles. The molecule has 2 atom stereocenters. The highest BCUT2D eigenvalue weighted by atomic mass is 16.5. The fraction of sp³-hybridized carbons (Fsp3) is 0.818. The molecule has 0 rings (SSSR count). The number of methoxy groups -OCH3 is 1. The zero-order valence-electron chi connectivity index (χ0n) is 9.68. The van der Waals surface area contributed by atoms with E-state index in [-0.39, 0.29) is 11.6 Å². The van der Waals surface area contributed by atoms with Gasteiger partial charge >= 0.3 is 0 Å². The van der Waals surface area contributed by atoms with Gasteiger partial charge in [0.15, 0.2) is 0 Å². The smallest absolute Gasteiger partial charge is 0.0814 e. The van der Waals surface area contributed by atoms with Crippen LogP contribution in [0.5, 0.6) is 0 Å². The van der Waals surface area contributed by atoms with Crippen LogP contribution in [0.2, 0.25) is 0 Å². The Bertz CT molecular complexity index is 201. The molecule has 0 aliphatic rings. The van der Waals surface area contributed by atoms with Crippen molar-refractivity contribution in [2.24, 2.45) is 5.84 Å². The molecule has 3 N–H and O–H groups in total. The lowest BCUT2D eigenvalue weighted by molar-refractivity contribution is -0.0307. The molecule has 0 amide bonds. The van der Waals surface area contributed by atoms with E-state index in [1.54, 1.807) is 7.11 Å². The average Bonchev–Trinajstić information content (AvgIpc) is 2.23. The average molecular weight is 198 g/mol. The molecule has 0 spiro atoms. The third kappa shape index (κ3) is 3.67. The summed E-state index contributed by atoms with van der Waals surface area (Å²) in [5, 5.41) is 0. The van der Waals surface area contributed by atoms with Gasteiger partial charge in [0, 0.05) is 13.5 Å². The highest BCUT2D eigenvalue weighted by Gasteiger charge is 2.31. The number of hydrogen-bond donors (Lipinski definition) is 2. The highest BCUT2D eigenvalue weighted by molar-refractivity contribution is 4.97. The van der Waals surface area contributed by atoms with Crippen LogP contribution in [0, 0.1) is 11.8 Å². The van der Waals surface area contributed by atoms with Crippen molar-refractivity contribution in [1.29, 1.82) is 0 Å². The first-order valence-corrected chi connectivity index (χ1v) is 5.05. The molecule has 0 aliphatic carbocycles. The van der Waals surface area contributed by atoms with Gasteiger partial charge in [-0.15, -0.1) is 11.8 Å². The Morgan fingerprint density at radius 2 is 2.21 bits per heavy atom. The second kappa shape index (κ2) is 6.83. The van der Waals surface area contributed by atoms with Gasteiger partial charge in [-0.3, -0.25) is 11.3 Å². The van der Waals surface area contributed by atoms with Gasteiger partial charge in [-0.05, 0) is 26.7 Å². The van der Waals surface area contributed by atoms with Gasteiger partial charge < -0.3 is 4.74 Å². The number of nitrogens with two attached hydrogens (primary N) is 1. The minimum Gasteiger partial charge on any atom is -0.377 e. The maximum Gasteiger partial charge on any atom is 0.0814 e. The first kappa shape index (κ1) is 13.4. The van der Waals surface area contributed by atoms with Gasteiger partial charge in [0.1, 0.15) is 0 Å².